The Balaban J connectivity index is 1.46. The zero-order valence-corrected chi connectivity index (χ0v) is 17.7. The Bertz CT molecular complexity index is 1020. The molecule has 1 fully saturated rings. The molecule has 0 saturated carbocycles. The Labute approximate surface area is 175 Å². The zero-order chi connectivity index (χ0) is 19.7. The summed E-state index contributed by atoms with van der Waals surface area (Å²) in [5.41, 5.74) is 3.57. The summed E-state index contributed by atoms with van der Waals surface area (Å²) in [7, 11) is 1.98. The summed E-state index contributed by atoms with van der Waals surface area (Å²) in [6.07, 6.45) is 0. The zero-order valence-electron chi connectivity index (χ0n) is 16.2. The SMILES string of the molecule is Cc1ccc(Cl)cc1N1CCN(Cn2nc(-c3ccccc3)n(C)c2=S)CC1. The fourth-order valence-corrected chi connectivity index (χ4v) is 4.01. The van der Waals surface area contributed by atoms with Crippen LogP contribution in [0.25, 0.3) is 11.4 Å². The van der Waals surface area contributed by atoms with Gasteiger partial charge in [-0.15, -0.1) is 0 Å². The average Bonchev–Trinajstić information content (AvgIpc) is 3.00. The van der Waals surface area contributed by atoms with Crippen LogP contribution < -0.4 is 4.90 Å². The van der Waals surface area contributed by atoms with Crippen LogP contribution in [-0.2, 0) is 13.7 Å². The van der Waals surface area contributed by atoms with Crippen molar-refractivity contribution >= 4 is 29.5 Å². The molecule has 28 heavy (non-hydrogen) atoms. The van der Waals surface area contributed by atoms with Gasteiger partial charge in [0.25, 0.3) is 0 Å². The van der Waals surface area contributed by atoms with Crippen molar-refractivity contribution in [2.75, 3.05) is 31.1 Å². The van der Waals surface area contributed by atoms with E-state index in [0.717, 1.165) is 47.4 Å². The molecule has 0 unspecified atom stereocenters. The summed E-state index contributed by atoms with van der Waals surface area (Å²) >= 11 is 11.8. The topological polar surface area (TPSA) is 29.2 Å². The molecule has 146 valence electrons. The van der Waals surface area contributed by atoms with E-state index < -0.39 is 0 Å². The summed E-state index contributed by atoms with van der Waals surface area (Å²) < 4.78 is 4.65. The predicted octanol–water partition coefficient (Wildman–Crippen LogP) is 4.36. The van der Waals surface area contributed by atoms with E-state index in [0.29, 0.717) is 6.67 Å². The predicted molar refractivity (Wildman–Crippen MR) is 117 cm³/mol. The third-order valence-electron chi connectivity index (χ3n) is 5.29. The van der Waals surface area contributed by atoms with Crippen molar-refractivity contribution < 1.29 is 0 Å². The smallest absolute Gasteiger partial charge is 0.199 e. The number of aromatic nitrogens is 3. The minimum Gasteiger partial charge on any atom is -0.369 e. The molecule has 4 rings (SSSR count). The average molecular weight is 414 g/mol. The fraction of sp³-hybridized carbons (Fsp3) is 0.333. The molecule has 0 spiro atoms. The van der Waals surface area contributed by atoms with Crippen LogP contribution in [-0.4, -0.2) is 45.4 Å². The molecule has 1 saturated heterocycles. The Morgan fingerprint density at radius 3 is 2.46 bits per heavy atom. The van der Waals surface area contributed by atoms with Crippen LogP contribution in [0.1, 0.15) is 5.56 Å². The van der Waals surface area contributed by atoms with Gasteiger partial charge in [-0.2, -0.15) is 5.10 Å². The molecule has 2 heterocycles. The lowest BCUT2D eigenvalue weighted by Crippen LogP contribution is -2.47. The fourth-order valence-electron chi connectivity index (χ4n) is 3.66. The van der Waals surface area contributed by atoms with Crippen LogP contribution in [0.5, 0.6) is 0 Å². The summed E-state index contributed by atoms with van der Waals surface area (Å²) in [6.45, 7) is 6.70. The van der Waals surface area contributed by atoms with Gasteiger partial charge in [-0.25, -0.2) is 4.68 Å². The number of halogens is 1. The van der Waals surface area contributed by atoms with Crippen molar-refractivity contribution in [1.29, 1.82) is 0 Å². The largest absolute Gasteiger partial charge is 0.369 e. The molecule has 0 bridgehead atoms. The highest BCUT2D eigenvalue weighted by Gasteiger charge is 2.20. The van der Waals surface area contributed by atoms with Crippen LogP contribution in [0.15, 0.2) is 48.5 Å². The van der Waals surface area contributed by atoms with Gasteiger partial charge in [0.05, 0.1) is 6.67 Å². The molecule has 0 atom stereocenters. The van der Waals surface area contributed by atoms with E-state index >= 15 is 0 Å². The van der Waals surface area contributed by atoms with Gasteiger partial charge in [0.2, 0.25) is 0 Å². The molecule has 0 N–H and O–H groups in total. The van der Waals surface area contributed by atoms with Crippen molar-refractivity contribution in [1.82, 2.24) is 19.2 Å². The highest BCUT2D eigenvalue weighted by molar-refractivity contribution is 7.71. The third-order valence-corrected chi connectivity index (χ3v) is 6.01. The molecule has 0 radical (unpaired) electrons. The monoisotopic (exact) mass is 413 g/mol. The first-order valence-corrected chi connectivity index (χ1v) is 10.2. The number of nitrogens with zero attached hydrogens (tertiary/aromatic N) is 5. The second-order valence-electron chi connectivity index (χ2n) is 7.21. The number of rotatable bonds is 4. The van der Waals surface area contributed by atoms with E-state index in [1.165, 1.54) is 11.3 Å². The van der Waals surface area contributed by atoms with Crippen LogP contribution >= 0.6 is 23.8 Å². The second-order valence-corrected chi connectivity index (χ2v) is 8.01. The number of benzene rings is 2. The Kier molecular flexibility index (Phi) is 5.53. The molecular formula is C21H24ClN5S. The lowest BCUT2D eigenvalue weighted by Gasteiger charge is -2.36. The van der Waals surface area contributed by atoms with Gasteiger partial charge in [0.1, 0.15) is 0 Å². The van der Waals surface area contributed by atoms with Gasteiger partial charge in [0, 0.05) is 49.5 Å². The van der Waals surface area contributed by atoms with Crippen molar-refractivity contribution in [2.45, 2.75) is 13.6 Å². The number of anilines is 1. The molecule has 7 heteroatoms. The van der Waals surface area contributed by atoms with Crippen LogP contribution in [0.4, 0.5) is 5.69 Å². The van der Waals surface area contributed by atoms with Crippen LogP contribution in [0.2, 0.25) is 5.02 Å². The minimum atomic E-state index is 0.710. The van der Waals surface area contributed by atoms with E-state index in [4.69, 9.17) is 28.9 Å². The first-order valence-electron chi connectivity index (χ1n) is 9.45. The molecule has 1 aromatic heterocycles. The lowest BCUT2D eigenvalue weighted by atomic mass is 10.1. The molecule has 5 nitrogen and oxygen atoms in total. The molecule has 0 amide bonds. The lowest BCUT2D eigenvalue weighted by molar-refractivity contribution is 0.194. The quantitative estimate of drug-likeness (QED) is 0.594. The maximum atomic E-state index is 6.19. The number of piperazine rings is 1. The molecular weight excluding hydrogens is 390 g/mol. The Morgan fingerprint density at radius 2 is 1.75 bits per heavy atom. The van der Waals surface area contributed by atoms with Crippen LogP contribution in [0.3, 0.4) is 0 Å². The number of hydrogen-bond donors (Lipinski definition) is 0. The summed E-state index contributed by atoms with van der Waals surface area (Å²) in [6, 6.07) is 16.3. The van der Waals surface area contributed by atoms with Crippen molar-refractivity contribution in [3.05, 3.63) is 63.9 Å². The molecule has 1 aliphatic rings. The van der Waals surface area contributed by atoms with Crippen LogP contribution in [0, 0.1) is 11.7 Å². The third kappa shape index (κ3) is 3.85. The standard InChI is InChI=1S/C21H24ClN5S/c1-16-8-9-18(22)14-19(16)26-12-10-25(11-13-26)15-27-21(28)24(2)20(23-27)17-6-4-3-5-7-17/h3-9,14H,10-13,15H2,1-2H3. The maximum absolute atomic E-state index is 6.19. The summed E-state index contributed by atoms with van der Waals surface area (Å²) in [5.74, 6) is 0.902. The highest BCUT2D eigenvalue weighted by atomic mass is 35.5. The van der Waals surface area contributed by atoms with Gasteiger partial charge in [0.15, 0.2) is 10.6 Å². The minimum absolute atomic E-state index is 0.710. The summed E-state index contributed by atoms with van der Waals surface area (Å²) in [5, 5.41) is 5.57. The summed E-state index contributed by atoms with van der Waals surface area (Å²) in [4.78, 5) is 4.80. The van der Waals surface area contributed by atoms with Gasteiger partial charge >= 0.3 is 0 Å². The first-order chi connectivity index (χ1) is 13.5. The Morgan fingerprint density at radius 1 is 1.04 bits per heavy atom. The second kappa shape index (κ2) is 8.07. The van der Waals surface area contributed by atoms with Crippen molar-refractivity contribution in [3.8, 4) is 11.4 Å². The highest BCUT2D eigenvalue weighted by Crippen LogP contribution is 2.25. The van der Waals surface area contributed by atoms with E-state index in [2.05, 4.69) is 41.0 Å². The molecule has 1 aliphatic heterocycles. The van der Waals surface area contributed by atoms with Gasteiger partial charge in [-0.05, 0) is 36.8 Å². The van der Waals surface area contributed by atoms with E-state index in [1.54, 1.807) is 0 Å². The maximum Gasteiger partial charge on any atom is 0.199 e. The van der Waals surface area contributed by atoms with E-state index in [-0.39, 0.29) is 0 Å². The van der Waals surface area contributed by atoms with Crippen molar-refractivity contribution in [3.63, 3.8) is 0 Å². The molecule has 2 aromatic carbocycles. The number of aryl methyl sites for hydroxylation is 1. The van der Waals surface area contributed by atoms with E-state index in [9.17, 15) is 0 Å². The Hall–Kier alpha value is -2.15. The number of hydrogen-bond acceptors (Lipinski definition) is 4. The first kappa shape index (κ1) is 19.2. The van der Waals surface area contributed by atoms with E-state index in [1.807, 2.05) is 40.6 Å². The van der Waals surface area contributed by atoms with Gasteiger partial charge < -0.3 is 9.47 Å². The van der Waals surface area contributed by atoms with Gasteiger partial charge in [-0.3, -0.25) is 4.90 Å². The van der Waals surface area contributed by atoms with Gasteiger partial charge in [-0.1, -0.05) is 48.0 Å². The van der Waals surface area contributed by atoms with Crippen molar-refractivity contribution in [2.24, 2.45) is 7.05 Å². The molecule has 0 aliphatic carbocycles. The molecule has 3 aromatic rings. The normalized spacial score (nSPS) is 15.2.